The van der Waals surface area contributed by atoms with Crippen LogP contribution >= 0.6 is 0 Å². The summed E-state index contributed by atoms with van der Waals surface area (Å²) in [6.45, 7) is 6.59. The molecule has 2 aliphatic heterocycles. The number of aromatic nitrogens is 2. The molecule has 0 saturated carbocycles. The molecule has 0 aliphatic carbocycles. The summed E-state index contributed by atoms with van der Waals surface area (Å²) in [5, 5.41) is 4.62. The van der Waals surface area contributed by atoms with Gasteiger partial charge in [-0.2, -0.15) is 18.3 Å². The molecule has 2 aromatic carbocycles. The Morgan fingerprint density at radius 3 is 2.48 bits per heavy atom. The molecule has 1 fully saturated rings. The molecule has 33 heavy (non-hydrogen) atoms. The number of nitrogens with zero attached hydrogens (tertiary/aromatic N) is 4. The average molecular weight is 454 g/mol. The third-order valence-corrected chi connectivity index (χ3v) is 6.60. The van der Waals surface area contributed by atoms with Gasteiger partial charge >= 0.3 is 6.18 Å². The highest BCUT2D eigenvalue weighted by molar-refractivity contribution is 5.98. The van der Waals surface area contributed by atoms with Crippen LogP contribution in [0.15, 0.2) is 54.6 Å². The number of alkyl halides is 3. The van der Waals surface area contributed by atoms with Crippen molar-refractivity contribution in [2.75, 3.05) is 19.6 Å². The summed E-state index contributed by atoms with van der Waals surface area (Å²) in [5.41, 5.74) is 3.36. The van der Waals surface area contributed by atoms with Crippen LogP contribution < -0.4 is 0 Å². The van der Waals surface area contributed by atoms with E-state index in [0.717, 1.165) is 36.1 Å². The number of halogens is 3. The Bertz CT molecular complexity index is 1180. The predicted molar refractivity (Wildman–Crippen MR) is 118 cm³/mol. The Labute approximate surface area is 190 Å². The van der Waals surface area contributed by atoms with Gasteiger partial charge < -0.3 is 4.90 Å². The third kappa shape index (κ3) is 3.93. The van der Waals surface area contributed by atoms with Crippen molar-refractivity contribution in [2.45, 2.75) is 32.6 Å². The molecule has 3 heterocycles. The Morgan fingerprint density at radius 2 is 1.79 bits per heavy atom. The number of carbonyl (C=O) groups excluding carboxylic acids is 1. The number of amides is 1. The number of carbonyl (C=O) groups is 1. The van der Waals surface area contributed by atoms with Crippen LogP contribution in [0.25, 0.3) is 5.69 Å². The highest BCUT2D eigenvalue weighted by Crippen LogP contribution is 2.38. The summed E-state index contributed by atoms with van der Waals surface area (Å²) in [4.78, 5) is 17.4. The number of benzene rings is 2. The summed E-state index contributed by atoms with van der Waals surface area (Å²) in [6, 6.07) is 15.1. The van der Waals surface area contributed by atoms with E-state index in [-0.39, 0.29) is 11.9 Å². The Morgan fingerprint density at radius 1 is 1.06 bits per heavy atom. The van der Waals surface area contributed by atoms with Gasteiger partial charge in [-0.05, 0) is 37.6 Å². The first-order valence-corrected chi connectivity index (χ1v) is 11.1. The number of para-hydroxylation sites is 1. The highest BCUT2D eigenvalue weighted by atomic mass is 19.4. The molecule has 2 aliphatic rings. The number of hydrogen-bond acceptors (Lipinski definition) is 3. The Hall–Kier alpha value is -3.13. The van der Waals surface area contributed by atoms with Gasteiger partial charge in [0.2, 0.25) is 0 Å². The number of rotatable bonds is 5. The van der Waals surface area contributed by atoms with Crippen molar-refractivity contribution in [2.24, 2.45) is 5.92 Å². The lowest BCUT2D eigenvalue weighted by Gasteiger charge is -2.42. The second-order valence-corrected chi connectivity index (χ2v) is 8.99. The molecular formula is C25H25F3N4O. The molecule has 1 amide bonds. The van der Waals surface area contributed by atoms with Crippen LogP contribution in [0, 0.1) is 12.8 Å². The van der Waals surface area contributed by atoms with Crippen LogP contribution in [0.5, 0.6) is 0 Å². The summed E-state index contributed by atoms with van der Waals surface area (Å²) in [5.74, 6) is 0.280. The normalized spacial score (nSPS) is 19.1. The van der Waals surface area contributed by atoms with Crippen molar-refractivity contribution >= 4 is 5.91 Å². The second-order valence-electron chi connectivity index (χ2n) is 8.99. The summed E-state index contributed by atoms with van der Waals surface area (Å²) < 4.78 is 40.6. The molecule has 8 heteroatoms. The smallest absolute Gasteiger partial charge is 0.330 e. The van der Waals surface area contributed by atoms with E-state index in [9.17, 15) is 18.0 Å². The molecule has 0 spiro atoms. The van der Waals surface area contributed by atoms with Crippen molar-refractivity contribution in [3.05, 3.63) is 82.7 Å². The molecule has 5 nitrogen and oxygen atoms in total. The van der Waals surface area contributed by atoms with Crippen molar-refractivity contribution < 1.29 is 18.0 Å². The van der Waals surface area contributed by atoms with E-state index in [1.807, 2.05) is 49.1 Å². The van der Waals surface area contributed by atoms with E-state index in [1.165, 1.54) is 12.1 Å². The number of likely N-dealkylation sites (tertiary alicyclic amines) is 1. The maximum atomic E-state index is 13.3. The Kier molecular flexibility index (Phi) is 5.28. The van der Waals surface area contributed by atoms with Gasteiger partial charge in [0, 0.05) is 37.7 Å². The predicted octanol–water partition coefficient (Wildman–Crippen LogP) is 4.85. The quantitative estimate of drug-likeness (QED) is 0.554. The summed E-state index contributed by atoms with van der Waals surface area (Å²) in [6.07, 6.45) is -4.33. The van der Waals surface area contributed by atoms with Gasteiger partial charge in [0.15, 0.2) is 0 Å². The van der Waals surface area contributed by atoms with Gasteiger partial charge in [-0.3, -0.25) is 9.69 Å². The van der Waals surface area contributed by atoms with Crippen LogP contribution in [-0.2, 0) is 12.7 Å². The van der Waals surface area contributed by atoms with E-state index < -0.39 is 11.7 Å². The minimum Gasteiger partial charge on any atom is -0.330 e. The van der Waals surface area contributed by atoms with E-state index in [1.54, 1.807) is 10.7 Å². The van der Waals surface area contributed by atoms with Gasteiger partial charge in [-0.1, -0.05) is 36.4 Å². The maximum absolute atomic E-state index is 13.3. The molecule has 1 saturated heterocycles. The van der Waals surface area contributed by atoms with E-state index in [0.29, 0.717) is 30.3 Å². The topological polar surface area (TPSA) is 41.4 Å². The van der Waals surface area contributed by atoms with Crippen LogP contribution in [0.1, 0.15) is 45.8 Å². The van der Waals surface area contributed by atoms with Gasteiger partial charge in [-0.25, -0.2) is 4.68 Å². The third-order valence-electron chi connectivity index (χ3n) is 6.60. The van der Waals surface area contributed by atoms with Crippen LogP contribution in [0.2, 0.25) is 0 Å². The highest BCUT2D eigenvalue weighted by Gasteiger charge is 2.42. The van der Waals surface area contributed by atoms with E-state index >= 15 is 0 Å². The fourth-order valence-corrected chi connectivity index (χ4v) is 5.01. The fraction of sp³-hybridized carbons (Fsp3) is 0.360. The first kappa shape index (κ1) is 21.7. The monoisotopic (exact) mass is 454 g/mol. The molecule has 3 aromatic rings. The lowest BCUT2D eigenvalue weighted by molar-refractivity contribution is -0.137. The van der Waals surface area contributed by atoms with Crippen LogP contribution in [-0.4, -0.2) is 45.1 Å². The van der Waals surface area contributed by atoms with Gasteiger partial charge in [0.25, 0.3) is 5.91 Å². The fourth-order valence-electron chi connectivity index (χ4n) is 5.01. The zero-order valence-electron chi connectivity index (χ0n) is 18.5. The molecule has 0 radical (unpaired) electrons. The van der Waals surface area contributed by atoms with E-state index in [4.69, 9.17) is 0 Å². The summed E-state index contributed by atoms with van der Waals surface area (Å²) in [7, 11) is 0. The molecule has 5 rings (SSSR count). The zero-order chi connectivity index (χ0) is 23.3. The van der Waals surface area contributed by atoms with Crippen molar-refractivity contribution in [3.8, 4) is 5.69 Å². The lowest BCUT2D eigenvalue weighted by Crippen LogP contribution is -2.51. The number of hydrogen-bond donors (Lipinski definition) is 0. The standard InChI is InChI=1S/C25H25F3N4O/c1-16-22-17(2)31(24(33)23(22)32(29-16)21-9-4-3-5-10-21)15-19-13-30(14-19)12-18-7-6-8-20(11-18)25(26,27)28/h3-11,17,19H,12-15H2,1-2H3. The molecule has 1 unspecified atom stereocenters. The minimum absolute atomic E-state index is 0.0155. The second kappa shape index (κ2) is 8.02. The van der Waals surface area contributed by atoms with Crippen molar-refractivity contribution in [1.82, 2.24) is 19.6 Å². The molecule has 172 valence electrons. The minimum atomic E-state index is -4.33. The lowest BCUT2D eigenvalue weighted by atomic mass is 9.97. The van der Waals surface area contributed by atoms with Crippen LogP contribution in [0.4, 0.5) is 13.2 Å². The first-order chi connectivity index (χ1) is 15.7. The van der Waals surface area contributed by atoms with Crippen molar-refractivity contribution in [3.63, 3.8) is 0 Å². The van der Waals surface area contributed by atoms with Crippen LogP contribution in [0.3, 0.4) is 0 Å². The molecule has 1 aromatic heterocycles. The first-order valence-electron chi connectivity index (χ1n) is 11.1. The van der Waals surface area contributed by atoms with Gasteiger partial charge in [0.1, 0.15) is 5.69 Å². The largest absolute Gasteiger partial charge is 0.416 e. The Balaban J connectivity index is 1.24. The number of aryl methyl sites for hydroxylation is 1. The van der Waals surface area contributed by atoms with E-state index in [2.05, 4.69) is 10.00 Å². The van der Waals surface area contributed by atoms with Gasteiger partial charge in [0.05, 0.1) is 23.0 Å². The number of fused-ring (bicyclic) bond motifs is 1. The molecule has 1 atom stereocenters. The molecule has 0 bridgehead atoms. The summed E-state index contributed by atoms with van der Waals surface area (Å²) >= 11 is 0. The SMILES string of the molecule is Cc1nn(-c2ccccc2)c2c1C(C)N(CC1CN(Cc3cccc(C(F)(F)F)c3)C1)C2=O. The maximum Gasteiger partial charge on any atom is 0.416 e. The molecule has 0 N–H and O–H groups in total. The molecular weight excluding hydrogens is 429 g/mol. The van der Waals surface area contributed by atoms with Crippen molar-refractivity contribution in [1.29, 1.82) is 0 Å². The average Bonchev–Trinajstić information content (AvgIpc) is 3.23. The van der Waals surface area contributed by atoms with Gasteiger partial charge in [-0.15, -0.1) is 0 Å². The zero-order valence-corrected chi connectivity index (χ0v) is 18.5.